The van der Waals surface area contributed by atoms with Crippen LogP contribution in [0.15, 0.2) is 23.2 Å². The number of hydrogen-bond donors (Lipinski definition) is 3. The Kier molecular flexibility index (Phi) is 8.49. The van der Waals surface area contributed by atoms with Gasteiger partial charge in [-0.2, -0.15) is 4.99 Å². The monoisotopic (exact) mass is 492 g/mol. The maximum absolute atomic E-state index is 14.9. The van der Waals surface area contributed by atoms with Gasteiger partial charge in [0, 0.05) is 19.1 Å². The van der Waals surface area contributed by atoms with Crippen molar-refractivity contribution in [1.29, 1.82) is 0 Å². The maximum Gasteiger partial charge on any atom is 0.244 e. The predicted molar refractivity (Wildman–Crippen MR) is 136 cm³/mol. The van der Waals surface area contributed by atoms with Gasteiger partial charge in [-0.25, -0.2) is 9.29 Å². The van der Waals surface area contributed by atoms with Gasteiger partial charge in [-0.3, -0.25) is 20.9 Å². The first-order valence-corrected chi connectivity index (χ1v) is 13.0. The van der Waals surface area contributed by atoms with Crippen molar-refractivity contribution in [2.45, 2.75) is 70.5 Å². The molecular weight excluding hydrogens is 449 g/mol. The molecule has 4 rings (SSSR count). The van der Waals surface area contributed by atoms with Crippen LogP contribution >= 0.6 is 0 Å². The van der Waals surface area contributed by atoms with Gasteiger partial charge in [0.1, 0.15) is 0 Å². The molecule has 10 heteroatoms. The van der Waals surface area contributed by atoms with E-state index in [4.69, 9.17) is 31.7 Å². The molecule has 6 N–H and O–H groups in total. The minimum atomic E-state index is -0.575. The summed E-state index contributed by atoms with van der Waals surface area (Å²) in [6, 6.07) is 5.12. The topological polar surface area (TPSA) is 115 Å². The van der Waals surface area contributed by atoms with Gasteiger partial charge in [0.15, 0.2) is 18.4 Å². The summed E-state index contributed by atoms with van der Waals surface area (Å²) in [6.45, 7) is 5.92. The third kappa shape index (κ3) is 5.41. The molecule has 4 unspecified atom stereocenters. The van der Waals surface area contributed by atoms with E-state index >= 15 is 0 Å². The number of likely N-dealkylation sites (tertiary alicyclic amines) is 1. The van der Waals surface area contributed by atoms with Crippen molar-refractivity contribution in [1.82, 2.24) is 4.90 Å². The zero-order valence-corrected chi connectivity index (χ0v) is 21.2. The van der Waals surface area contributed by atoms with E-state index in [1.54, 1.807) is 17.0 Å². The number of ether oxygens (including phenoxy) is 2. The van der Waals surface area contributed by atoms with Crippen LogP contribution in [0.2, 0.25) is 0 Å². The number of halogens is 1. The zero-order chi connectivity index (χ0) is 25.0. The number of guanidine groups is 1. The Morgan fingerprint density at radius 3 is 2.57 bits per heavy atom. The molecule has 35 heavy (non-hydrogen) atoms. The van der Waals surface area contributed by atoms with Crippen molar-refractivity contribution in [2.24, 2.45) is 28.1 Å². The molecule has 1 aromatic rings. The molecule has 1 aliphatic carbocycles. The van der Waals surface area contributed by atoms with Gasteiger partial charge in [0.05, 0.1) is 24.8 Å². The van der Waals surface area contributed by atoms with Crippen molar-refractivity contribution in [3.63, 3.8) is 0 Å². The van der Waals surface area contributed by atoms with E-state index in [0.717, 1.165) is 32.6 Å². The quantitative estimate of drug-likeness (QED) is 0.358. The Morgan fingerprint density at radius 1 is 1.11 bits per heavy atom. The molecule has 2 fully saturated rings. The Balaban J connectivity index is 1.69. The van der Waals surface area contributed by atoms with E-state index in [9.17, 15) is 4.39 Å². The number of aliphatic imine (C=N–C) groups is 1. The van der Waals surface area contributed by atoms with Crippen LogP contribution < -0.4 is 26.8 Å². The second-order valence-electron chi connectivity index (χ2n) is 10.2. The molecule has 4 atom stereocenters. The lowest BCUT2D eigenvalue weighted by Crippen LogP contribution is -2.79. The van der Waals surface area contributed by atoms with Gasteiger partial charge < -0.3 is 15.2 Å². The highest BCUT2D eigenvalue weighted by Gasteiger charge is 2.51. The molecule has 0 aromatic heterocycles. The molecule has 1 saturated carbocycles. The highest BCUT2D eigenvalue weighted by molar-refractivity contribution is 5.95. The van der Waals surface area contributed by atoms with Gasteiger partial charge >= 0.3 is 0 Å². The number of rotatable bonds is 9. The number of likely N-dealkylation sites (N-methyl/N-ethyl adjacent to an activating group) is 1. The fourth-order valence-electron chi connectivity index (χ4n) is 6.27. The van der Waals surface area contributed by atoms with Gasteiger partial charge in [-0.05, 0) is 50.9 Å². The molecule has 1 aromatic carbocycles. The molecule has 9 nitrogen and oxygen atoms in total. The molecule has 0 spiro atoms. The second kappa shape index (κ2) is 11.4. The second-order valence-corrected chi connectivity index (χ2v) is 10.2. The Morgan fingerprint density at radius 2 is 1.89 bits per heavy atom. The molecule has 2 aliphatic heterocycles. The van der Waals surface area contributed by atoms with Crippen molar-refractivity contribution < 1.29 is 18.3 Å². The summed E-state index contributed by atoms with van der Waals surface area (Å²) < 4.78 is 25.5. The summed E-state index contributed by atoms with van der Waals surface area (Å²) >= 11 is 0. The number of nitrogens with zero attached hydrogens (tertiary/aromatic N) is 4. The van der Waals surface area contributed by atoms with Gasteiger partial charge in [0.25, 0.3) is 0 Å². The standard InChI is InChI=1S/C25H43FN7O2/c1-3-31-13-7-10-20(31)16-33(15-18-8-5-4-6-9-18)24(28)30-23(27)32(25(33)29)19-11-12-22(21(26)14-19)35-17-34-2/h11-12,14,18,20,24-25H,3-10,13,15-17,28-29H2,1-2H3,(H2,27,30)/q+1. The maximum atomic E-state index is 14.9. The summed E-state index contributed by atoms with van der Waals surface area (Å²) in [5.74, 6) is 0.357. The molecule has 0 radical (unpaired) electrons. The Hall–Kier alpha value is -1.98. The lowest BCUT2D eigenvalue weighted by atomic mass is 9.88. The van der Waals surface area contributed by atoms with Crippen LogP contribution in [0.4, 0.5) is 10.1 Å². The van der Waals surface area contributed by atoms with Crippen molar-refractivity contribution in [3.05, 3.63) is 24.0 Å². The highest BCUT2D eigenvalue weighted by Crippen LogP contribution is 2.36. The van der Waals surface area contributed by atoms with Gasteiger partial charge in [0.2, 0.25) is 18.5 Å². The number of methoxy groups -OCH3 is 1. The van der Waals surface area contributed by atoms with E-state index in [1.807, 2.05) is 0 Å². The predicted octanol–water partition coefficient (Wildman–Crippen LogP) is 2.31. The van der Waals surface area contributed by atoms with Crippen LogP contribution in [0.5, 0.6) is 5.75 Å². The van der Waals surface area contributed by atoms with E-state index in [1.165, 1.54) is 51.7 Å². The normalized spacial score (nSPS) is 30.5. The minimum Gasteiger partial charge on any atom is -0.464 e. The van der Waals surface area contributed by atoms with Gasteiger partial charge in [-0.1, -0.05) is 26.2 Å². The molecule has 1 saturated heterocycles. The molecular formula is C25H43FN7O2+. The molecule has 0 bridgehead atoms. The molecule has 0 amide bonds. The number of benzene rings is 1. The smallest absolute Gasteiger partial charge is 0.244 e. The SMILES string of the molecule is CCN1CCCC1C[N+]1(CC2CCCCC2)C(N)N=C(N)N(c2ccc(OCOC)c(F)c2)C1N. The zero-order valence-electron chi connectivity index (χ0n) is 21.2. The highest BCUT2D eigenvalue weighted by atomic mass is 19.1. The number of anilines is 1. The van der Waals surface area contributed by atoms with Crippen LogP contribution in [0.25, 0.3) is 0 Å². The number of quaternary nitrogens is 1. The molecule has 3 aliphatic rings. The van der Waals surface area contributed by atoms with Gasteiger partial charge in [-0.15, -0.1) is 0 Å². The third-order valence-electron chi connectivity index (χ3n) is 8.13. The minimum absolute atomic E-state index is 0.0331. The Labute approximate surface area is 208 Å². The first-order valence-electron chi connectivity index (χ1n) is 13.0. The fraction of sp³-hybridized carbons (Fsp3) is 0.720. The first-order chi connectivity index (χ1) is 16.9. The Bertz CT molecular complexity index is 881. The van der Waals surface area contributed by atoms with Crippen LogP contribution in [0.3, 0.4) is 0 Å². The van der Waals surface area contributed by atoms with E-state index in [2.05, 4.69) is 11.8 Å². The molecule has 2 heterocycles. The molecule has 196 valence electrons. The van der Waals surface area contributed by atoms with Crippen molar-refractivity contribution in [2.75, 3.05) is 45.0 Å². The van der Waals surface area contributed by atoms with E-state index < -0.39 is 18.4 Å². The number of hydrogen-bond acceptors (Lipinski definition) is 8. The average Bonchev–Trinajstić information content (AvgIpc) is 3.30. The van der Waals surface area contributed by atoms with E-state index in [0.29, 0.717) is 22.1 Å². The van der Waals surface area contributed by atoms with Crippen LogP contribution in [0, 0.1) is 11.7 Å². The largest absolute Gasteiger partial charge is 0.464 e. The third-order valence-corrected chi connectivity index (χ3v) is 8.13. The van der Waals surface area contributed by atoms with Crippen LogP contribution in [-0.4, -0.2) is 74.0 Å². The summed E-state index contributed by atoms with van der Waals surface area (Å²) in [5.41, 5.74) is 20.8. The summed E-state index contributed by atoms with van der Waals surface area (Å²) in [7, 11) is 1.49. The summed E-state index contributed by atoms with van der Waals surface area (Å²) in [6.07, 6.45) is 7.29. The summed E-state index contributed by atoms with van der Waals surface area (Å²) in [4.78, 5) is 8.98. The fourth-order valence-corrected chi connectivity index (χ4v) is 6.27. The summed E-state index contributed by atoms with van der Waals surface area (Å²) in [5, 5.41) is 0. The lowest BCUT2D eigenvalue weighted by Gasteiger charge is -2.54. The van der Waals surface area contributed by atoms with Crippen LogP contribution in [0.1, 0.15) is 51.9 Å². The van der Waals surface area contributed by atoms with Crippen molar-refractivity contribution >= 4 is 11.6 Å². The van der Waals surface area contributed by atoms with Crippen molar-refractivity contribution in [3.8, 4) is 5.75 Å². The average molecular weight is 493 g/mol. The van der Waals surface area contributed by atoms with Crippen LogP contribution in [-0.2, 0) is 4.74 Å². The first kappa shape index (κ1) is 26.1. The number of nitrogens with two attached hydrogens (primary N) is 3. The lowest BCUT2D eigenvalue weighted by molar-refractivity contribution is -0.977. The van der Waals surface area contributed by atoms with E-state index in [-0.39, 0.29) is 18.5 Å².